The molecular weight excluding hydrogens is 510 g/mol. The molecule has 0 saturated carbocycles. The first-order valence-corrected chi connectivity index (χ1v) is 12.5. The molecule has 0 spiro atoms. The summed E-state index contributed by atoms with van der Waals surface area (Å²) >= 11 is 0. The Morgan fingerprint density at radius 2 is 1.92 bits per heavy atom. The molecule has 206 valence electrons. The monoisotopic (exact) mass is 546 g/mol. The van der Waals surface area contributed by atoms with Crippen molar-refractivity contribution < 1.29 is 23.0 Å². The highest BCUT2D eigenvalue weighted by Crippen LogP contribution is 2.31. The standard InChI is InChI=1S/C27H30F2N4O3.CH4.H2S/c1-3-18-6-7-33(16-18)27(34)19-12-21(17(2)36-20-4-5-22(28)23(29)14-20)26-24(13-19)30-15-25(31-26)32-8-10-35-11-9-32;;/h4-5,12-15,17-18H,3,6-11,16H2,1-2H3;1H4;1H2/t17?,18-;;/m0../s1. The van der Waals surface area contributed by atoms with Gasteiger partial charge in [-0.2, -0.15) is 13.5 Å². The molecular formula is C28H36F2N4O3S. The van der Waals surface area contributed by atoms with Crippen molar-refractivity contribution in [2.45, 2.75) is 40.2 Å². The molecule has 10 heteroatoms. The number of fused-ring (bicyclic) bond motifs is 1. The van der Waals surface area contributed by atoms with Crippen molar-refractivity contribution in [1.82, 2.24) is 14.9 Å². The van der Waals surface area contributed by atoms with Gasteiger partial charge in [-0.05, 0) is 43.5 Å². The minimum absolute atomic E-state index is 0. The molecule has 1 amide bonds. The molecule has 2 fully saturated rings. The molecule has 2 aromatic carbocycles. The molecule has 0 N–H and O–H groups in total. The second-order valence-corrected chi connectivity index (χ2v) is 9.41. The van der Waals surface area contributed by atoms with E-state index in [0.29, 0.717) is 54.4 Å². The van der Waals surface area contributed by atoms with Gasteiger partial charge in [-0.25, -0.2) is 13.8 Å². The largest absolute Gasteiger partial charge is 0.486 e. The Morgan fingerprint density at radius 1 is 1.16 bits per heavy atom. The number of carbonyl (C=O) groups excluding carboxylic acids is 1. The molecule has 7 nitrogen and oxygen atoms in total. The molecule has 2 saturated heterocycles. The maximum Gasteiger partial charge on any atom is 0.253 e. The Hall–Kier alpha value is -2.98. The predicted octanol–water partition coefficient (Wildman–Crippen LogP) is 5.51. The average molecular weight is 547 g/mol. The average Bonchev–Trinajstić information content (AvgIpc) is 3.39. The summed E-state index contributed by atoms with van der Waals surface area (Å²) in [6.45, 7) is 8.07. The molecule has 2 aliphatic rings. The van der Waals surface area contributed by atoms with Crippen molar-refractivity contribution in [3.05, 3.63) is 59.3 Å². The fraction of sp³-hybridized carbons (Fsp3) is 0.464. The summed E-state index contributed by atoms with van der Waals surface area (Å²) in [7, 11) is 0. The van der Waals surface area contributed by atoms with Crippen LogP contribution in [-0.2, 0) is 4.74 Å². The van der Waals surface area contributed by atoms with Gasteiger partial charge in [0, 0.05) is 43.4 Å². The third-order valence-corrected chi connectivity index (χ3v) is 7.04. The number of carbonyl (C=O) groups is 1. The molecule has 0 radical (unpaired) electrons. The van der Waals surface area contributed by atoms with Crippen LogP contribution in [0.15, 0.2) is 36.5 Å². The molecule has 38 heavy (non-hydrogen) atoms. The summed E-state index contributed by atoms with van der Waals surface area (Å²) in [5, 5.41) is 0. The summed E-state index contributed by atoms with van der Waals surface area (Å²) < 4.78 is 38.7. The van der Waals surface area contributed by atoms with E-state index in [4.69, 9.17) is 14.5 Å². The number of hydrogen-bond acceptors (Lipinski definition) is 6. The van der Waals surface area contributed by atoms with Gasteiger partial charge < -0.3 is 19.3 Å². The zero-order valence-electron chi connectivity index (χ0n) is 21.0. The van der Waals surface area contributed by atoms with Gasteiger partial charge in [-0.15, -0.1) is 0 Å². The molecule has 5 rings (SSSR count). The molecule has 1 aromatic heterocycles. The van der Waals surface area contributed by atoms with Crippen LogP contribution < -0.4 is 9.64 Å². The predicted molar refractivity (Wildman–Crippen MR) is 149 cm³/mol. The lowest BCUT2D eigenvalue weighted by Gasteiger charge is -2.28. The summed E-state index contributed by atoms with van der Waals surface area (Å²) in [6, 6.07) is 7.01. The number of amides is 1. The van der Waals surface area contributed by atoms with Crippen LogP contribution in [0.25, 0.3) is 11.0 Å². The van der Waals surface area contributed by atoms with Crippen LogP contribution in [0, 0.1) is 17.6 Å². The Morgan fingerprint density at radius 3 is 2.61 bits per heavy atom. The van der Waals surface area contributed by atoms with Gasteiger partial charge in [0.15, 0.2) is 11.6 Å². The molecule has 1 unspecified atom stereocenters. The molecule has 0 aliphatic carbocycles. The molecule has 0 bridgehead atoms. The van der Waals surface area contributed by atoms with Gasteiger partial charge in [0.25, 0.3) is 5.91 Å². The summed E-state index contributed by atoms with van der Waals surface area (Å²) in [5.41, 5.74) is 2.37. The third-order valence-electron chi connectivity index (χ3n) is 7.04. The van der Waals surface area contributed by atoms with Crippen LogP contribution in [0.3, 0.4) is 0 Å². The maximum atomic E-state index is 13.8. The van der Waals surface area contributed by atoms with Crippen LogP contribution >= 0.6 is 13.5 Å². The third kappa shape index (κ3) is 6.18. The smallest absolute Gasteiger partial charge is 0.253 e. The molecule has 3 aromatic rings. The number of anilines is 1. The lowest BCUT2D eigenvalue weighted by Crippen LogP contribution is -2.36. The number of benzene rings is 2. The highest BCUT2D eigenvalue weighted by molar-refractivity contribution is 7.59. The normalized spacial score (nSPS) is 18.1. The van der Waals surface area contributed by atoms with E-state index < -0.39 is 17.7 Å². The van der Waals surface area contributed by atoms with Gasteiger partial charge >= 0.3 is 0 Å². The zero-order chi connectivity index (χ0) is 25.2. The number of aromatic nitrogens is 2. The van der Waals surface area contributed by atoms with Crippen LogP contribution in [-0.4, -0.2) is 60.2 Å². The molecule has 2 aliphatic heterocycles. The second kappa shape index (κ2) is 12.7. The van der Waals surface area contributed by atoms with Crippen molar-refractivity contribution in [2.75, 3.05) is 44.3 Å². The van der Waals surface area contributed by atoms with E-state index >= 15 is 0 Å². The van der Waals surface area contributed by atoms with Gasteiger partial charge in [-0.1, -0.05) is 20.8 Å². The van der Waals surface area contributed by atoms with E-state index in [1.54, 1.807) is 25.3 Å². The topological polar surface area (TPSA) is 67.8 Å². The van der Waals surface area contributed by atoms with Gasteiger partial charge in [0.05, 0.1) is 30.4 Å². The van der Waals surface area contributed by atoms with Crippen LogP contribution in [0.1, 0.15) is 56.1 Å². The highest BCUT2D eigenvalue weighted by atomic mass is 32.1. The summed E-state index contributed by atoms with van der Waals surface area (Å²) in [5.74, 6) is -0.550. The Kier molecular flexibility index (Phi) is 9.89. The fourth-order valence-corrected chi connectivity index (χ4v) is 4.86. The first-order chi connectivity index (χ1) is 17.4. The van der Waals surface area contributed by atoms with Gasteiger partial charge in [-0.3, -0.25) is 9.78 Å². The van der Waals surface area contributed by atoms with Crippen molar-refractivity contribution >= 4 is 36.3 Å². The first kappa shape index (κ1) is 29.6. The van der Waals surface area contributed by atoms with E-state index in [0.717, 1.165) is 43.9 Å². The summed E-state index contributed by atoms with van der Waals surface area (Å²) in [6.07, 6.45) is 3.17. The Labute approximate surface area is 229 Å². The lowest BCUT2D eigenvalue weighted by atomic mass is 10.0. The number of morpholine rings is 1. The van der Waals surface area contributed by atoms with Crippen LogP contribution in [0.4, 0.5) is 14.6 Å². The number of nitrogens with zero attached hydrogens (tertiary/aromatic N) is 4. The van der Waals surface area contributed by atoms with Crippen molar-refractivity contribution in [1.29, 1.82) is 0 Å². The van der Waals surface area contributed by atoms with Crippen LogP contribution in [0.5, 0.6) is 5.75 Å². The number of ether oxygens (including phenoxy) is 2. The maximum absolute atomic E-state index is 13.8. The van der Waals surface area contributed by atoms with Gasteiger partial charge in [0.1, 0.15) is 17.7 Å². The first-order valence-electron chi connectivity index (χ1n) is 12.5. The summed E-state index contributed by atoms with van der Waals surface area (Å²) in [4.78, 5) is 26.9. The second-order valence-electron chi connectivity index (χ2n) is 9.41. The van der Waals surface area contributed by atoms with E-state index in [2.05, 4.69) is 16.8 Å². The van der Waals surface area contributed by atoms with Gasteiger partial charge in [0.2, 0.25) is 0 Å². The minimum atomic E-state index is -0.984. The quantitative estimate of drug-likeness (QED) is 0.407. The van der Waals surface area contributed by atoms with E-state index in [1.165, 1.54) is 6.07 Å². The van der Waals surface area contributed by atoms with Crippen molar-refractivity contribution in [3.8, 4) is 5.75 Å². The van der Waals surface area contributed by atoms with E-state index in [-0.39, 0.29) is 32.6 Å². The van der Waals surface area contributed by atoms with Crippen molar-refractivity contribution in [2.24, 2.45) is 5.92 Å². The number of rotatable bonds is 6. The number of likely N-dealkylation sites (tertiary alicyclic amines) is 1. The highest BCUT2D eigenvalue weighted by Gasteiger charge is 2.28. The zero-order valence-corrected chi connectivity index (χ0v) is 22.0. The number of halogens is 2. The Balaban J connectivity index is 0.00000200. The van der Waals surface area contributed by atoms with Crippen LogP contribution in [0.2, 0.25) is 0 Å². The Bertz CT molecular complexity index is 1270. The molecule has 2 atom stereocenters. The molecule has 3 heterocycles. The minimum Gasteiger partial charge on any atom is -0.486 e. The number of hydrogen-bond donors (Lipinski definition) is 0. The van der Waals surface area contributed by atoms with E-state index in [9.17, 15) is 13.6 Å². The van der Waals surface area contributed by atoms with E-state index in [1.807, 2.05) is 4.90 Å². The SMILES string of the molecule is C.CC[C@H]1CCN(C(=O)c2cc(C(C)Oc3ccc(F)c(F)c3)c3nc(N4CCOCC4)cnc3c2)C1.S. The van der Waals surface area contributed by atoms with Crippen molar-refractivity contribution in [3.63, 3.8) is 0 Å². The fourth-order valence-electron chi connectivity index (χ4n) is 4.86. The lowest BCUT2D eigenvalue weighted by molar-refractivity contribution is 0.0786.